The quantitative estimate of drug-likeness (QED) is 0.567. The number of anilines is 3. The Morgan fingerprint density at radius 2 is 2.10 bits per heavy atom. The summed E-state index contributed by atoms with van der Waals surface area (Å²) >= 11 is 0. The molecule has 0 bridgehead atoms. The van der Waals surface area contributed by atoms with E-state index >= 15 is 0 Å². The molecule has 154 valence electrons. The van der Waals surface area contributed by atoms with E-state index in [9.17, 15) is 9.90 Å². The Morgan fingerprint density at radius 3 is 2.77 bits per heavy atom. The van der Waals surface area contributed by atoms with Crippen molar-refractivity contribution in [1.29, 1.82) is 0 Å². The van der Waals surface area contributed by atoms with Crippen molar-refractivity contribution in [2.75, 3.05) is 37.0 Å². The molecule has 1 aromatic heterocycles. The first-order chi connectivity index (χ1) is 14.5. The maximum atomic E-state index is 12.6. The van der Waals surface area contributed by atoms with Crippen molar-refractivity contribution in [3.63, 3.8) is 0 Å². The zero-order valence-electron chi connectivity index (χ0n) is 16.6. The van der Waals surface area contributed by atoms with Gasteiger partial charge in [0.15, 0.2) is 5.60 Å². The number of hydrogen-bond donors (Lipinski definition) is 3. The predicted molar refractivity (Wildman–Crippen MR) is 112 cm³/mol. The van der Waals surface area contributed by atoms with E-state index in [1.54, 1.807) is 36.3 Å². The van der Waals surface area contributed by atoms with Crippen LogP contribution in [0.4, 0.5) is 22.0 Å². The number of carbonyl (C=O) groups excluding carboxylic acids is 1. The number of aromatic nitrogens is 2. The SMILES string of the molecule is COc1cc2ncnc(Nc3ccc(O)cc3C)c2cc1N1CC2(CNC2)OC1=O. The fraction of sp³-hybridized carbons (Fsp3) is 0.286. The number of carbonyl (C=O) groups is 1. The van der Waals surface area contributed by atoms with Crippen molar-refractivity contribution in [2.45, 2.75) is 12.5 Å². The van der Waals surface area contributed by atoms with Gasteiger partial charge in [-0.3, -0.25) is 4.90 Å². The average molecular weight is 407 g/mol. The highest BCUT2D eigenvalue weighted by Crippen LogP contribution is 2.39. The molecule has 1 amide bonds. The summed E-state index contributed by atoms with van der Waals surface area (Å²) in [7, 11) is 1.56. The number of hydrogen-bond acceptors (Lipinski definition) is 8. The molecule has 3 aromatic rings. The van der Waals surface area contributed by atoms with Gasteiger partial charge in [0, 0.05) is 30.2 Å². The lowest BCUT2D eigenvalue weighted by molar-refractivity contribution is 0.0142. The van der Waals surface area contributed by atoms with Gasteiger partial charge in [0.05, 0.1) is 24.9 Å². The molecule has 9 heteroatoms. The van der Waals surface area contributed by atoms with Crippen LogP contribution in [0, 0.1) is 6.92 Å². The topological polar surface area (TPSA) is 109 Å². The maximum Gasteiger partial charge on any atom is 0.415 e. The molecule has 0 unspecified atom stereocenters. The van der Waals surface area contributed by atoms with Gasteiger partial charge in [-0.05, 0) is 36.8 Å². The van der Waals surface area contributed by atoms with E-state index in [1.807, 2.05) is 13.0 Å². The fourth-order valence-electron chi connectivity index (χ4n) is 3.86. The smallest absolute Gasteiger partial charge is 0.415 e. The normalized spacial score (nSPS) is 17.1. The minimum absolute atomic E-state index is 0.199. The van der Waals surface area contributed by atoms with Gasteiger partial charge in [-0.1, -0.05) is 0 Å². The molecule has 3 heterocycles. The summed E-state index contributed by atoms with van der Waals surface area (Å²) in [6.07, 6.45) is 1.08. The lowest BCUT2D eigenvalue weighted by Gasteiger charge is -2.36. The zero-order valence-corrected chi connectivity index (χ0v) is 16.6. The van der Waals surface area contributed by atoms with Crippen LogP contribution in [0.3, 0.4) is 0 Å². The van der Waals surface area contributed by atoms with E-state index in [0.29, 0.717) is 42.4 Å². The van der Waals surface area contributed by atoms with E-state index in [0.717, 1.165) is 16.6 Å². The number of aromatic hydroxyl groups is 1. The summed E-state index contributed by atoms with van der Waals surface area (Å²) in [4.78, 5) is 22.9. The van der Waals surface area contributed by atoms with Crippen LogP contribution in [0.15, 0.2) is 36.7 Å². The summed E-state index contributed by atoms with van der Waals surface area (Å²) in [5, 5.41) is 16.9. The van der Waals surface area contributed by atoms with Crippen LogP contribution >= 0.6 is 0 Å². The number of fused-ring (bicyclic) bond motifs is 1. The first-order valence-corrected chi connectivity index (χ1v) is 9.59. The molecule has 0 aliphatic carbocycles. The first kappa shape index (κ1) is 18.4. The highest BCUT2D eigenvalue weighted by molar-refractivity contribution is 6.00. The molecule has 2 fully saturated rings. The number of amides is 1. The maximum absolute atomic E-state index is 12.6. The van der Waals surface area contributed by atoms with Crippen LogP contribution in [0.1, 0.15) is 5.56 Å². The van der Waals surface area contributed by atoms with Crippen molar-refractivity contribution in [2.24, 2.45) is 0 Å². The second kappa shape index (κ2) is 6.74. The van der Waals surface area contributed by atoms with Crippen LogP contribution in [0.25, 0.3) is 10.9 Å². The highest BCUT2D eigenvalue weighted by atomic mass is 16.6. The van der Waals surface area contributed by atoms with Gasteiger partial charge in [-0.25, -0.2) is 14.8 Å². The monoisotopic (exact) mass is 407 g/mol. The molecule has 2 saturated heterocycles. The standard InChI is InChI=1S/C21H21N5O4/c1-12-5-13(27)3-4-15(12)25-19-14-6-17(18(29-2)7-16(14)23-11-24-19)26-10-21(8-22-9-21)30-20(26)28/h3-7,11,22,27H,8-10H2,1-2H3,(H,23,24,25). The lowest BCUT2D eigenvalue weighted by Crippen LogP contribution is -2.61. The van der Waals surface area contributed by atoms with Crippen LogP contribution < -0.4 is 20.3 Å². The lowest BCUT2D eigenvalue weighted by atomic mass is 9.97. The number of nitrogens with zero attached hydrogens (tertiary/aromatic N) is 3. The Balaban J connectivity index is 1.58. The van der Waals surface area contributed by atoms with Crippen LogP contribution in [0.2, 0.25) is 0 Å². The molecule has 0 atom stereocenters. The van der Waals surface area contributed by atoms with E-state index in [-0.39, 0.29) is 5.75 Å². The van der Waals surface area contributed by atoms with Crippen molar-refractivity contribution in [3.8, 4) is 11.5 Å². The van der Waals surface area contributed by atoms with Gasteiger partial charge in [-0.2, -0.15) is 0 Å². The van der Waals surface area contributed by atoms with Gasteiger partial charge in [0.2, 0.25) is 0 Å². The van der Waals surface area contributed by atoms with Crippen LogP contribution in [-0.2, 0) is 4.74 Å². The first-order valence-electron chi connectivity index (χ1n) is 9.59. The number of phenolic OH excluding ortho intramolecular Hbond substituents is 1. The van der Waals surface area contributed by atoms with E-state index in [1.165, 1.54) is 6.33 Å². The van der Waals surface area contributed by atoms with Crippen molar-refractivity contribution in [3.05, 3.63) is 42.2 Å². The number of nitrogens with one attached hydrogen (secondary N) is 2. The molecular formula is C21H21N5O4. The molecule has 0 radical (unpaired) electrons. The van der Waals surface area contributed by atoms with Gasteiger partial charge in [0.1, 0.15) is 23.6 Å². The molecule has 2 aromatic carbocycles. The Hall–Kier alpha value is -3.59. The number of benzene rings is 2. The summed E-state index contributed by atoms with van der Waals surface area (Å²) < 4.78 is 11.2. The fourth-order valence-corrected chi connectivity index (χ4v) is 3.86. The van der Waals surface area contributed by atoms with Crippen LogP contribution in [-0.4, -0.2) is 53.5 Å². The Kier molecular flexibility index (Phi) is 4.14. The Labute approximate surface area is 172 Å². The molecule has 2 aliphatic rings. The van der Waals surface area contributed by atoms with Gasteiger partial charge in [0.25, 0.3) is 0 Å². The van der Waals surface area contributed by atoms with Gasteiger partial charge in [-0.15, -0.1) is 0 Å². The number of methoxy groups -OCH3 is 1. The van der Waals surface area contributed by atoms with Crippen molar-refractivity contribution >= 4 is 34.2 Å². The Bertz CT molecular complexity index is 1160. The molecule has 1 spiro atoms. The minimum atomic E-state index is -0.478. The molecule has 9 nitrogen and oxygen atoms in total. The second-order valence-electron chi connectivity index (χ2n) is 7.63. The second-order valence-corrected chi connectivity index (χ2v) is 7.63. The number of ether oxygens (including phenoxy) is 2. The molecule has 2 aliphatic heterocycles. The third kappa shape index (κ3) is 2.94. The predicted octanol–water partition coefficient (Wildman–Crippen LogP) is 2.69. The third-order valence-electron chi connectivity index (χ3n) is 5.55. The summed E-state index contributed by atoms with van der Waals surface area (Å²) in [6.45, 7) is 3.63. The van der Waals surface area contributed by atoms with Crippen molar-refractivity contribution < 1.29 is 19.4 Å². The molecule has 5 rings (SSSR count). The summed E-state index contributed by atoms with van der Waals surface area (Å²) in [6, 6.07) is 8.71. The zero-order chi connectivity index (χ0) is 20.9. The average Bonchev–Trinajstić information content (AvgIpc) is 3.07. The van der Waals surface area contributed by atoms with Gasteiger partial charge < -0.3 is 25.2 Å². The summed E-state index contributed by atoms with van der Waals surface area (Å²) in [5.74, 6) is 1.32. The minimum Gasteiger partial charge on any atom is -0.508 e. The number of phenols is 1. The van der Waals surface area contributed by atoms with E-state index < -0.39 is 11.7 Å². The number of aryl methyl sites for hydroxylation is 1. The van der Waals surface area contributed by atoms with Crippen molar-refractivity contribution in [1.82, 2.24) is 15.3 Å². The van der Waals surface area contributed by atoms with E-state index in [2.05, 4.69) is 20.6 Å². The third-order valence-corrected chi connectivity index (χ3v) is 5.55. The molecule has 0 saturated carbocycles. The van der Waals surface area contributed by atoms with Gasteiger partial charge >= 0.3 is 6.09 Å². The number of rotatable bonds is 4. The van der Waals surface area contributed by atoms with Crippen LogP contribution in [0.5, 0.6) is 11.5 Å². The molecule has 3 N–H and O–H groups in total. The molecular weight excluding hydrogens is 386 g/mol. The highest BCUT2D eigenvalue weighted by Gasteiger charge is 2.50. The Morgan fingerprint density at radius 1 is 1.27 bits per heavy atom. The summed E-state index contributed by atoms with van der Waals surface area (Å²) in [5.41, 5.74) is 2.49. The van der Waals surface area contributed by atoms with E-state index in [4.69, 9.17) is 9.47 Å². The molecule has 30 heavy (non-hydrogen) atoms. The largest absolute Gasteiger partial charge is 0.508 e.